The van der Waals surface area contributed by atoms with Gasteiger partial charge in [-0.05, 0) is 29.3 Å². The first-order valence-electron chi connectivity index (χ1n) is 8.03. The molecule has 1 unspecified atom stereocenters. The van der Waals surface area contributed by atoms with Crippen LogP contribution in [0.5, 0.6) is 11.5 Å². The highest BCUT2D eigenvalue weighted by Crippen LogP contribution is 2.49. The van der Waals surface area contributed by atoms with Crippen molar-refractivity contribution in [3.05, 3.63) is 70.6 Å². The van der Waals surface area contributed by atoms with E-state index in [-0.39, 0.29) is 17.6 Å². The topological polar surface area (TPSA) is 88.5 Å². The molecule has 0 radical (unpaired) electrons. The molecule has 2 aliphatic heterocycles. The number of rotatable bonds is 2. The van der Waals surface area contributed by atoms with E-state index in [0.717, 1.165) is 21.6 Å². The largest absolute Gasteiger partial charge is 0.504 e. The van der Waals surface area contributed by atoms with Gasteiger partial charge in [0.05, 0.1) is 13.0 Å². The summed E-state index contributed by atoms with van der Waals surface area (Å²) >= 11 is 1.71. The Morgan fingerprint density at radius 3 is 2.88 bits per heavy atom. The fraction of sp³-hybridized carbons (Fsp3) is 0.150. The van der Waals surface area contributed by atoms with Gasteiger partial charge >= 0.3 is 0 Å². The minimum Gasteiger partial charge on any atom is -0.504 e. The summed E-state index contributed by atoms with van der Waals surface area (Å²) in [6.45, 7) is 0. The number of nitrogens with zero attached hydrogens (tertiary/aromatic N) is 1. The Hall–Kier alpha value is -3.04. The van der Waals surface area contributed by atoms with E-state index in [1.807, 2.05) is 24.3 Å². The number of hydrogen-bond donors (Lipinski definition) is 2. The lowest BCUT2D eigenvalue weighted by Crippen LogP contribution is -2.23. The molecule has 0 saturated heterocycles. The van der Waals surface area contributed by atoms with Crippen LogP contribution in [0, 0.1) is 11.3 Å². The molecular weight excluding hydrogens is 348 g/mol. The zero-order chi connectivity index (χ0) is 18.3. The van der Waals surface area contributed by atoms with Gasteiger partial charge in [-0.25, -0.2) is 0 Å². The first-order chi connectivity index (χ1) is 12.6. The lowest BCUT2D eigenvalue weighted by molar-refractivity contribution is 0.353. The summed E-state index contributed by atoms with van der Waals surface area (Å²) in [4.78, 5) is 1.13. The van der Waals surface area contributed by atoms with Gasteiger partial charge in [0.25, 0.3) is 0 Å². The van der Waals surface area contributed by atoms with Crippen molar-refractivity contribution in [1.29, 1.82) is 5.26 Å². The minimum absolute atomic E-state index is 0.0522. The molecule has 2 aromatic carbocycles. The van der Waals surface area contributed by atoms with Crippen molar-refractivity contribution in [2.45, 2.75) is 10.8 Å². The molecule has 2 heterocycles. The number of methoxy groups -OCH3 is 1. The first-order valence-corrected chi connectivity index (χ1v) is 9.02. The number of nitriles is 1. The average molecular weight is 364 g/mol. The number of thioether (sulfide) groups is 1. The number of aromatic hydroxyl groups is 1. The van der Waals surface area contributed by atoms with Gasteiger partial charge in [0.2, 0.25) is 5.88 Å². The number of ether oxygens (including phenoxy) is 2. The van der Waals surface area contributed by atoms with E-state index >= 15 is 0 Å². The van der Waals surface area contributed by atoms with E-state index < -0.39 is 0 Å². The first kappa shape index (κ1) is 16.4. The summed E-state index contributed by atoms with van der Waals surface area (Å²) in [6.07, 6.45) is 0. The van der Waals surface area contributed by atoms with Crippen LogP contribution in [0.25, 0.3) is 5.76 Å². The van der Waals surface area contributed by atoms with Crippen molar-refractivity contribution in [3.63, 3.8) is 0 Å². The van der Waals surface area contributed by atoms with Crippen LogP contribution in [-0.2, 0) is 4.74 Å². The number of phenols is 1. The molecule has 0 amide bonds. The molecule has 2 aliphatic rings. The molecule has 0 fully saturated rings. The maximum atomic E-state index is 9.90. The fourth-order valence-corrected chi connectivity index (χ4v) is 4.45. The van der Waals surface area contributed by atoms with Crippen LogP contribution in [0.3, 0.4) is 0 Å². The Morgan fingerprint density at radius 2 is 2.12 bits per heavy atom. The smallest absolute Gasteiger partial charge is 0.205 e. The summed E-state index contributed by atoms with van der Waals surface area (Å²) in [5.74, 6) is 1.60. The average Bonchev–Trinajstić information content (AvgIpc) is 2.67. The molecule has 0 aromatic heterocycles. The third kappa shape index (κ3) is 2.49. The Kier molecular flexibility index (Phi) is 4.02. The third-order valence-electron chi connectivity index (χ3n) is 4.58. The fourth-order valence-electron chi connectivity index (χ4n) is 3.35. The predicted molar refractivity (Wildman–Crippen MR) is 99.4 cm³/mol. The standard InChI is InChI=1S/C20H16N2O3S/c1-24-16-8-11(6-7-15(16)23)18-13(9-21)20(22)25-19-12-4-2-3-5-17(12)26-10-14(18)19/h2-8,18,23H,10,22H2,1H3. The predicted octanol–water partition coefficient (Wildman–Crippen LogP) is 3.73. The van der Waals surface area contributed by atoms with E-state index in [0.29, 0.717) is 22.8 Å². The zero-order valence-corrected chi connectivity index (χ0v) is 14.8. The second-order valence-electron chi connectivity index (χ2n) is 6.00. The van der Waals surface area contributed by atoms with Gasteiger partial charge in [-0.1, -0.05) is 24.3 Å². The maximum Gasteiger partial charge on any atom is 0.205 e. The van der Waals surface area contributed by atoms with E-state index in [9.17, 15) is 10.4 Å². The second-order valence-corrected chi connectivity index (χ2v) is 7.01. The van der Waals surface area contributed by atoms with E-state index in [1.165, 1.54) is 7.11 Å². The summed E-state index contributed by atoms with van der Waals surface area (Å²) in [5, 5.41) is 19.6. The highest BCUT2D eigenvalue weighted by atomic mass is 32.2. The van der Waals surface area contributed by atoms with Crippen LogP contribution < -0.4 is 10.5 Å². The molecule has 0 spiro atoms. The maximum absolute atomic E-state index is 9.90. The lowest BCUT2D eigenvalue weighted by atomic mass is 9.82. The van der Waals surface area contributed by atoms with Crippen LogP contribution in [0.4, 0.5) is 0 Å². The van der Waals surface area contributed by atoms with E-state index in [4.69, 9.17) is 15.2 Å². The van der Waals surface area contributed by atoms with Crippen molar-refractivity contribution in [2.24, 2.45) is 5.73 Å². The van der Waals surface area contributed by atoms with Gasteiger partial charge in [0.15, 0.2) is 11.5 Å². The van der Waals surface area contributed by atoms with Crippen LogP contribution >= 0.6 is 11.8 Å². The van der Waals surface area contributed by atoms with Crippen LogP contribution in [0.1, 0.15) is 17.0 Å². The van der Waals surface area contributed by atoms with Crippen LogP contribution in [0.2, 0.25) is 0 Å². The molecule has 5 nitrogen and oxygen atoms in total. The number of fused-ring (bicyclic) bond motifs is 2. The molecule has 0 saturated carbocycles. The van der Waals surface area contributed by atoms with Gasteiger partial charge in [-0.3, -0.25) is 0 Å². The van der Waals surface area contributed by atoms with Gasteiger partial charge < -0.3 is 20.3 Å². The van der Waals surface area contributed by atoms with E-state index in [2.05, 4.69) is 6.07 Å². The van der Waals surface area contributed by atoms with Crippen molar-refractivity contribution >= 4 is 17.5 Å². The highest BCUT2D eigenvalue weighted by molar-refractivity contribution is 7.99. The minimum atomic E-state index is -0.334. The number of benzene rings is 2. The Morgan fingerprint density at radius 1 is 1.31 bits per heavy atom. The quantitative estimate of drug-likeness (QED) is 0.844. The number of allylic oxidation sites excluding steroid dienone is 1. The molecule has 1 atom stereocenters. The SMILES string of the molecule is COc1cc(C2C(C#N)=C(N)OC3=C2CSc2ccccc23)ccc1O. The van der Waals surface area contributed by atoms with Gasteiger partial charge in [-0.2, -0.15) is 5.26 Å². The van der Waals surface area contributed by atoms with Crippen molar-refractivity contribution in [2.75, 3.05) is 12.9 Å². The molecule has 4 rings (SSSR count). The Balaban J connectivity index is 1.92. The summed E-state index contributed by atoms with van der Waals surface area (Å²) in [7, 11) is 1.50. The molecule has 2 aromatic rings. The lowest BCUT2D eigenvalue weighted by Gasteiger charge is -2.32. The normalized spacial score (nSPS) is 18.5. The summed E-state index contributed by atoms with van der Waals surface area (Å²) in [5.41, 5.74) is 9.27. The molecule has 0 aliphatic carbocycles. The summed E-state index contributed by atoms with van der Waals surface area (Å²) in [6, 6.07) is 15.3. The molecule has 3 N–H and O–H groups in total. The molecule has 6 heteroatoms. The van der Waals surface area contributed by atoms with Crippen molar-refractivity contribution in [1.82, 2.24) is 0 Å². The number of hydrogen-bond acceptors (Lipinski definition) is 6. The zero-order valence-electron chi connectivity index (χ0n) is 14.0. The molecule has 26 heavy (non-hydrogen) atoms. The van der Waals surface area contributed by atoms with Crippen molar-refractivity contribution in [3.8, 4) is 17.6 Å². The monoisotopic (exact) mass is 364 g/mol. The molecule has 130 valence electrons. The Bertz CT molecular complexity index is 1000. The van der Waals surface area contributed by atoms with E-state index in [1.54, 1.807) is 30.0 Å². The molecule has 0 bridgehead atoms. The number of phenolic OH excluding ortho intramolecular Hbond substituents is 1. The summed E-state index contributed by atoms with van der Waals surface area (Å²) < 4.78 is 11.1. The number of nitrogens with two attached hydrogens (primary N) is 1. The highest BCUT2D eigenvalue weighted by Gasteiger charge is 2.36. The van der Waals surface area contributed by atoms with Crippen LogP contribution in [0.15, 0.2) is 64.4 Å². The second kappa shape index (κ2) is 6.36. The van der Waals surface area contributed by atoms with Crippen molar-refractivity contribution < 1.29 is 14.6 Å². The van der Waals surface area contributed by atoms with Gasteiger partial charge in [0, 0.05) is 16.2 Å². The molecular formula is C20H16N2O3S. The van der Waals surface area contributed by atoms with Crippen LogP contribution in [-0.4, -0.2) is 18.0 Å². The Labute approximate surface area is 155 Å². The van der Waals surface area contributed by atoms with Gasteiger partial charge in [-0.15, -0.1) is 11.8 Å². The van der Waals surface area contributed by atoms with Gasteiger partial charge in [0.1, 0.15) is 17.4 Å². The third-order valence-corrected chi connectivity index (χ3v) is 5.70.